The average Bonchev–Trinajstić information content (AvgIpc) is 2.72. The van der Waals surface area contributed by atoms with Crippen molar-refractivity contribution in [3.8, 4) is 11.5 Å². The van der Waals surface area contributed by atoms with Crippen LogP contribution in [0.1, 0.15) is 5.56 Å². The summed E-state index contributed by atoms with van der Waals surface area (Å²) in [6, 6.07) is 22.6. The van der Waals surface area contributed by atoms with Gasteiger partial charge < -0.3 is 20.5 Å². The third kappa shape index (κ3) is 3.81. The fourth-order valence-corrected chi connectivity index (χ4v) is 3.01. The van der Waals surface area contributed by atoms with E-state index in [1.54, 1.807) is 25.3 Å². The van der Waals surface area contributed by atoms with Crippen molar-refractivity contribution >= 4 is 28.4 Å². The first-order valence-corrected chi connectivity index (χ1v) is 8.91. The second-order valence-corrected chi connectivity index (χ2v) is 6.25. The summed E-state index contributed by atoms with van der Waals surface area (Å²) in [5, 5.41) is 17.1. The van der Waals surface area contributed by atoms with Crippen molar-refractivity contribution in [3.63, 3.8) is 0 Å². The maximum Gasteiger partial charge on any atom is 0.229 e. The molecule has 0 aliphatic heterocycles. The summed E-state index contributed by atoms with van der Waals surface area (Å²) in [5.41, 5.74) is 2.57. The second-order valence-electron chi connectivity index (χ2n) is 6.25. The molecule has 6 heteroatoms. The Kier molecular flexibility index (Phi) is 4.93. The molecule has 3 N–H and O–H groups in total. The monoisotopic (exact) mass is 372 g/mol. The minimum atomic E-state index is 0.181. The first-order valence-electron chi connectivity index (χ1n) is 8.91. The summed E-state index contributed by atoms with van der Waals surface area (Å²) in [6.07, 6.45) is 0. The van der Waals surface area contributed by atoms with Crippen molar-refractivity contribution in [1.29, 1.82) is 0 Å². The molecule has 1 aromatic heterocycles. The number of para-hydroxylation sites is 2. The van der Waals surface area contributed by atoms with E-state index in [-0.39, 0.29) is 5.75 Å². The van der Waals surface area contributed by atoms with Gasteiger partial charge in [0.25, 0.3) is 0 Å². The summed E-state index contributed by atoms with van der Waals surface area (Å²) in [4.78, 5) is 9.22. The Labute approximate surface area is 162 Å². The predicted molar refractivity (Wildman–Crippen MR) is 111 cm³/mol. The molecular weight excluding hydrogens is 352 g/mol. The fourth-order valence-electron chi connectivity index (χ4n) is 3.01. The van der Waals surface area contributed by atoms with E-state index in [1.165, 1.54) is 0 Å². The summed E-state index contributed by atoms with van der Waals surface area (Å²) in [5.74, 6) is 2.18. The van der Waals surface area contributed by atoms with E-state index in [2.05, 4.69) is 20.6 Å². The summed E-state index contributed by atoms with van der Waals surface area (Å²) in [7, 11) is 1.66. The lowest BCUT2D eigenvalue weighted by atomic mass is 10.2. The van der Waals surface area contributed by atoms with E-state index in [0.717, 1.165) is 28.0 Å². The molecule has 0 fully saturated rings. The Morgan fingerprint density at radius 3 is 2.61 bits per heavy atom. The number of hydrogen-bond donors (Lipinski definition) is 3. The number of hydrogen-bond acceptors (Lipinski definition) is 6. The van der Waals surface area contributed by atoms with Gasteiger partial charge in [0.1, 0.15) is 17.3 Å². The minimum Gasteiger partial charge on any atom is -0.508 e. The Morgan fingerprint density at radius 1 is 0.929 bits per heavy atom. The normalized spacial score (nSPS) is 10.6. The Morgan fingerprint density at radius 2 is 1.75 bits per heavy atom. The molecule has 0 saturated carbocycles. The number of phenols is 1. The van der Waals surface area contributed by atoms with Gasteiger partial charge in [0.15, 0.2) is 0 Å². The highest BCUT2D eigenvalue weighted by atomic mass is 16.5. The first-order chi connectivity index (χ1) is 13.7. The molecule has 0 bridgehead atoms. The van der Waals surface area contributed by atoms with Gasteiger partial charge in [-0.25, -0.2) is 4.98 Å². The summed E-state index contributed by atoms with van der Waals surface area (Å²) in [6.45, 7) is 0.566. The average molecular weight is 372 g/mol. The lowest BCUT2D eigenvalue weighted by molar-refractivity contribution is 0.410. The van der Waals surface area contributed by atoms with Crippen LogP contribution in [0.15, 0.2) is 72.8 Å². The number of rotatable bonds is 6. The zero-order valence-electron chi connectivity index (χ0n) is 15.4. The molecule has 0 spiro atoms. The van der Waals surface area contributed by atoms with Gasteiger partial charge in [0.2, 0.25) is 5.95 Å². The third-order valence-corrected chi connectivity index (χ3v) is 4.34. The van der Waals surface area contributed by atoms with Crippen molar-refractivity contribution < 1.29 is 9.84 Å². The fraction of sp³-hybridized carbons (Fsp3) is 0.0909. The molecule has 1 heterocycles. The Bertz CT molecular complexity index is 1110. The molecule has 4 aromatic rings. The number of methoxy groups -OCH3 is 1. The maximum atomic E-state index is 9.67. The zero-order valence-corrected chi connectivity index (χ0v) is 15.4. The van der Waals surface area contributed by atoms with Crippen molar-refractivity contribution in [2.75, 3.05) is 17.7 Å². The highest BCUT2D eigenvalue weighted by molar-refractivity contribution is 5.90. The van der Waals surface area contributed by atoms with E-state index in [0.29, 0.717) is 18.2 Å². The number of nitrogens with zero attached hydrogens (tertiary/aromatic N) is 2. The van der Waals surface area contributed by atoms with E-state index in [9.17, 15) is 5.11 Å². The molecule has 0 unspecified atom stereocenters. The molecule has 0 aliphatic rings. The molecule has 0 radical (unpaired) electrons. The van der Waals surface area contributed by atoms with Gasteiger partial charge in [0.05, 0.1) is 12.6 Å². The van der Waals surface area contributed by atoms with E-state index in [4.69, 9.17) is 4.74 Å². The van der Waals surface area contributed by atoms with Crippen LogP contribution in [0.2, 0.25) is 0 Å². The van der Waals surface area contributed by atoms with Gasteiger partial charge >= 0.3 is 0 Å². The number of phenolic OH excluding ortho intramolecular Hbond substituents is 1. The molecule has 140 valence electrons. The smallest absolute Gasteiger partial charge is 0.229 e. The van der Waals surface area contributed by atoms with Crippen molar-refractivity contribution in [1.82, 2.24) is 9.97 Å². The number of nitrogens with one attached hydrogen (secondary N) is 2. The molecule has 3 aromatic carbocycles. The Hall–Kier alpha value is -3.80. The number of ether oxygens (including phenoxy) is 1. The van der Waals surface area contributed by atoms with Gasteiger partial charge in [-0.15, -0.1) is 0 Å². The third-order valence-electron chi connectivity index (χ3n) is 4.34. The Balaban J connectivity index is 1.66. The molecular formula is C22H20N4O2. The van der Waals surface area contributed by atoms with Gasteiger partial charge in [-0.1, -0.05) is 36.4 Å². The van der Waals surface area contributed by atoms with Crippen LogP contribution in [0.3, 0.4) is 0 Å². The quantitative estimate of drug-likeness (QED) is 0.455. The SMILES string of the molecule is COc1ccccc1CNc1nc(Nc2cccc(O)c2)nc2ccccc12. The van der Waals surface area contributed by atoms with Crippen LogP contribution in [0.4, 0.5) is 17.5 Å². The molecule has 6 nitrogen and oxygen atoms in total. The van der Waals surface area contributed by atoms with Crippen LogP contribution in [-0.2, 0) is 6.54 Å². The van der Waals surface area contributed by atoms with E-state index < -0.39 is 0 Å². The van der Waals surface area contributed by atoms with E-state index in [1.807, 2.05) is 54.6 Å². The number of aromatic nitrogens is 2. The molecule has 28 heavy (non-hydrogen) atoms. The van der Waals surface area contributed by atoms with Crippen LogP contribution in [0, 0.1) is 0 Å². The van der Waals surface area contributed by atoms with E-state index >= 15 is 0 Å². The van der Waals surface area contributed by atoms with Gasteiger partial charge in [-0.3, -0.25) is 0 Å². The lowest BCUT2D eigenvalue weighted by Crippen LogP contribution is -2.06. The van der Waals surface area contributed by atoms with Crippen LogP contribution in [0.25, 0.3) is 10.9 Å². The topological polar surface area (TPSA) is 79.3 Å². The van der Waals surface area contributed by atoms with Crippen LogP contribution in [0.5, 0.6) is 11.5 Å². The molecule has 0 amide bonds. The summed E-state index contributed by atoms with van der Waals surface area (Å²) < 4.78 is 5.43. The predicted octanol–water partition coefficient (Wildman–Crippen LogP) is 4.70. The molecule has 0 atom stereocenters. The molecule has 0 saturated heterocycles. The number of benzene rings is 3. The highest BCUT2D eigenvalue weighted by Crippen LogP contribution is 2.26. The second kappa shape index (κ2) is 7.84. The minimum absolute atomic E-state index is 0.181. The standard InChI is InChI=1S/C22H20N4O2/c1-28-20-12-5-2-7-15(20)14-23-21-18-10-3-4-11-19(18)25-22(26-21)24-16-8-6-9-17(27)13-16/h2-13,27H,14H2,1H3,(H2,23,24,25,26). The van der Waals surface area contributed by atoms with Crippen molar-refractivity contribution in [2.45, 2.75) is 6.54 Å². The van der Waals surface area contributed by atoms with Gasteiger partial charge in [-0.2, -0.15) is 4.98 Å². The van der Waals surface area contributed by atoms with Crippen molar-refractivity contribution in [3.05, 3.63) is 78.4 Å². The maximum absolute atomic E-state index is 9.67. The highest BCUT2D eigenvalue weighted by Gasteiger charge is 2.09. The number of aromatic hydroxyl groups is 1. The molecule has 0 aliphatic carbocycles. The van der Waals surface area contributed by atoms with Gasteiger partial charge in [0, 0.05) is 29.2 Å². The first kappa shape index (κ1) is 17.6. The van der Waals surface area contributed by atoms with Crippen molar-refractivity contribution in [2.24, 2.45) is 0 Å². The zero-order chi connectivity index (χ0) is 19.3. The van der Waals surface area contributed by atoms with Crippen LogP contribution < -0.4 is 15.4 Å². The number of fused-ring (bicyclic) bond motifs is 1. The van der Waals surface area contributed by atoms with Crippen LogP contribution in [-0.4, -0.2) is 22.2 Å². The largest absolute Gasteiger partial charge is 0.508 e. The number of anilines is 3. The lowest BCUT2D eigenvalue weighted by Gasteiger charge is -2.13. The van der Waals surface area contributed by atoms with Gasteiger partial charge in [-0.05, 0) is 30.3 Å². The molecule has 4 rings (SSSR count). The van der Waals surface area contributed by atoms with Crippen LogP contribution >= 0.6 is 0 Å². The summed E-state index contributed by atoms with van der Waals surface area (Å²) >= 11 is 0.